The molecule has 0 saturated carbocycles. The lowest BCUT2D eigenvalue weighted by atomic mass is 10.2. The van der Waals surface area contributed by atoms with Gasteiger partial charge in [-0.15, -0.1) is 6.58 Å². The predicted molar refractivity (Wildman–Crippen MR) is 67.9 cm³/mol. The van der Waals surface area contributed by atoms with E-state index in [1.54, 1.807) is 19.2 Å². The van der Waals surface area contributed by atoms with Crippen molar-refractivity contribution < 1.29 is 13.9 Å². The molecule has 0 aromatic heterocycles. The van der Waals surface area contributed by atoms with Gasteiger partial charge in [0.25, 0.3) is 5.91 Å². The molecule has 2 N–H and O–H groups in total. The van der Waals surface area contributed by atoms with Crippen molar-refractivity contribution in [2.45, 2.75) is 6.54 Å². The molecule has 0 spiro atoms. The van der Waals surface area contributed by atoms with Crippen LogP contribution in [-0.2, 0) is 11.3 Å². The molecule has 0 aliphatic carbocycles. The fourth-order valence-corrected chi connectivity index (χ4v) is 1.40. The molecular weight excluding hydrogens is 235 g/mol. The molecule has 0 bridgehead atoms. The summed E-state index contributed by atoms with van der Waals surface area (Å²) in [5.41, 5.74) is 0.763. The number of halogens is 1. The number of nitrogens with one attached hydrogen (secondary N) is 2. The van der Waals surface area contributed by atoms with Gasteiger partial charge in [0.15, 0.2) is 6.61 Å². The molecule has 1 aromatic rings. The Hall–Kier alpha value is -1.88. The summed E-state index contributed by atoms with van der Waals surface area (Å²) in [6.07, 6.45) is 1.57. The molecule has 18 heavy (non-hydrogen) atoms. The number of rotatable bonds is 7. The SMILES string of the molecule is C=CCNC(=O)COc1cc(F)cc(CNC)c1. The third kappa shape index (κ3) is 4.97. The van der Waals surface area contributed by atoms with Crippen molar-refractivity contribution in [2.24, 2.45) is 0 Å². The Balaban J connectivity index is 2.55. The second-order valence-corrected chi connectivity index (χ2v) is 3.71. The Bertz CT molecular complexity index is 421. The van der Waals surface area contributed by atoms with Crippen molar-refractivity contribution in [1.29, 1.82) is 0 Å². The van der Waals surface area contributed by atoms with Gasteiger partial charge in [0.2, 0.25) is 0 Å². The van der Waals surface area contributed by atoms with Crippen LogP contribution in [0.4, 0.5) is 4.39 Å². The summed E-state index contributed by atoms with van der Waals surface area (Å²) in [4.78, 5) is 11.3. The van der Waals surface area contributed by atoms with Crippen molar-refractivity contribution >= 4 is 5.91 Å². The third-order valence-electron chi connectivity index (χ3n) is 2.13. The molecule has 0 atom stereocenters. The Labute approximate surface area is 106 Å². The summed E-state index contributed by atoms with van der Waals surface area (Å²) in [6.45, 7) is 4.26. The number of hydrogen-bond acceptors (Lipinski definition) is 3. The molecule has 5 heteroatoms. The van der Waals surface area contributed by atoms with Gasteiger partial charge in [0.1, 0.15) is 11.6 Å². The van der Waals surface area contributed by atoms with Gasteiger partial charge in [-0.05, 0) is 24.7 Å². The molecule has 0 heterocycles. The van der Waals surface area contributed by atoms with E-state index in [-0.39, 0.29) is 18.3 Å². The second-order valence-electron chi connectivity index (χ2n) is 3.71. The molecule has 1 amide bonds. The summed E-state index contributed by atoms with van der Waals surface area (Å²) in [6, 6.07) is 4.36. The van der Waals surface area contributed by atoms with Crippen molar-refractivity contribution in [3.63, 3.8) is 0 Å². The highest BCUT2D eigenvalue weighted by Crippen LogP contribution is 2.16. The minimum atomic E-state index is -0.385. The van der Waals surface area contributed by atoms with E-state index in [4.69, 9.17) is 4.74 Å². The van der Waals surface area contributed by atoms with Gasteiger partial charge >= 0.3 is 0 Å². The zero-order chi connectivity index (χ0) is 13.4. The molecule has 0 aliphatic heterocycles. The van der Waals surface area contributed by atoms with Crippen LogP contribution < -0.4 is 15.4 Å². The lowest BCUT2D eigenvalue weighted by Crippen LogP contribution is -2.28. The van der Waals surface area contributed by atoms with E-state index in [0.29, 0.717) is 18.8 Å². The van der Waals surface area contributed by atoms with Crippen LogP contribution >= 0.6 is 0 Å². The molecular formula is C13H17FN2O2. The maximum atomic E-state index is 13.3. The number of carbonyl (C=O) groups is 1. The molecule has 0 unspecified atom stereocenters. The van der Waals surface area contributed by atoms with Crippen LogP contribution in [0.5, 0.6) is 5.75 Å². The maximum Gasteiger partial charge on any atom is 0.258 e. The quantitative estimate of drug-likeness (QED) is 0.718. The Morgan fingerprint density at radius 1 is 1.50 bits per heavy atom. The van der Waals surface area contributed by atoms with Crippen LogP contribution in [0.2, 0.25) is 0 Å². The molecule has 4 nitrogen and oxygen atoms in total. The van der Waals surface area contributed by atoms with E-state index in [9.17, 15) is 9.18 Å². The van der Waals surface area contributed by atoms with Gasteiger partial charge in [0, 0.05) is 19.2 Å². The summed E-state index contributed by atoms with van der Waals surface area (Å²) in [7, 11) is 1.77. The zero-order valence-electron chi connectivity index (χ0n) is 10.3. The van der Waals surface area contributed by atoms with Crippen LogP contribution in [0, 0.1) is 5.82 Å². The molecule has 98 valence electrons. The zero-order valence-corrected chi connectivity index (χ0v) is 10.3. The molecule has 0 aliphatic rings. The number of carbonyl (C=O) groups excluding carboxylic acids is 1. The summed E-state index contributed by atoms with van der Waals surface area (Å²) in [5, 5.41) is 5.49. The summed E-state index contributed by atoms with van der Waals surface area (Å²) in [5.74, 6) is -0.312. The second kappa shape index (κ2) is 7.45. The van der Waals surface area contributed by atoms with E-state index in [2.05, 4.69) is 17.2 Å². The highest BCUT2D eigenvalue weighted by Gasteiger charge is 2.04. The van der Waals surface area contributed by atoms with E-state index in [1.165, 1.54) is 12.1 Å². The van der Waals surface area contributed by atoms with Crippen LogP contribution in [0.1, 0.15) is 5.56 Å². The predicted octanol–water partition coefficient (Wildman–Crippen LogP) is 1.23. The number of hydrogen-bond donors (Lipinski definition) is 2. The van der Waals surface area contributed by atoms with Crippen molar-refractivity contribution in [3.05, 3.63) is 42.2 Å². The van der Waals surface area contributed by atoms with Gasteiger partial charge in [-0.25, -0.2) is 4.39 Å². The summed E-state index contributed by atoms with van der Waals surface area (Å²) >= 11 is 0. The van der Waals surface area contributed by atoms with Crippen molar-refractivity contribution in [2.75, 3.05) is 20.2 Å². The highest BCUT2D eigenvalue weighted by molar-refractivity contribution is 5.77. The van der Waals surface area contributed by atoms with Crippen LogP contribution in [0.25, 0.3) is 0 Å². The van der Waals surface area contributed by atoms with E-state index in [1.807, 2.05) is 0 Å². The Morgan fingerprint density at radius 2 is 2.28 bits per heavy atom. The number of amides is 1. The van der Waals surface area contributed by atoms with Crippen LogP contribution in [-0.4, -0.2) is 26.1 Å². The standard InChI is InChI=1S/C13H17FN2O2/c1-3-4-16-13(17)9-18-12-6-10(8-15-2)5-11(14)7-12/h3,5-7,15H,1,4,8-9H2,2H3,(H,16,17). The van der Waals surface area contributed by atoms with Gasteiger partial charge in [-0.2, -0.15) is 0 Å². The van der Waals surface area contributed by atoms with Crippen molar-refractivity contribution in [3.8, 4) is 5.75 Å². The smallest absolute Gasteiger partial charge is 0.258 e. The monoisotopic (exact) mass is 252 g/mol. The first-order chi connectivity index (χ1) is 8.65. The van der Waals surface area contributed by atoms with Gasteiger partial charge in [0.05, 0.1) is 0 Å². The average molecular weight is 252 g/mol. The third-order valence-corrected chi connectivity index (χ3v) is 2.13. The number of ether oxygens (including phenoxy) is 1. The first-order valence-corrected chi connectivity index (χ1v) is 5.60. The van der Waals surface area contributed by atoms with Crippen LogP contribution in [0.15, 0.2) is 30.9 Å². The molecule has 0 saturated heterocycles. The molecule has 0 fully saturated rings. The Kier molecular flexibility index (Phi) is 5.87. The van der Waals surface area contributed by atoms with Crippen LogP contribution in [0.3, 0.4) is 0 Å². The van der Waals surface area contributed by atoms with Gasteiger partial charge < -0.3 is 15.4 Å². The fourth-order valence-electron chi connectivity index (χ4n) is 1.40. The fraction of sp³-hybridized carbons (Fsp3) is 0.308. The van der Waals surface area contributed by atoms with Gasteiger partial charge in [-0.3, -0.25) is 4.79 Å². The lowest BCUT2D eigenvalue weighted by molar-refractivity contribution is -0.122. The molecule has 1 aromatic carbocycles. The maximum absolute atomic E-state index is 13.3. The normalized spacial score (nSPS) is 9.89. The van der Waals surface area contributed by atoms with Crippen molar-refractivity contribution in [1.82, 2.24) is 10.6 Å². The number of benzene rings is 1. The molecule has 1 rings (SSSR count). The first kappa shape index (κ1) is 14.2. The minimum Gasteiger partial charge on any atom is -0.484 e. The largest absolute Gasteiger partial charge is 0.484 e. The first-order valence-electron chi connectivity index (χ1n) is 5.60. The van der Waals surface area contributed by atoms with E-state index in [0.717, 1.165) is 5.56 Å². The van der Waals surface area contributed by atoms with E-state index < -0.39 is 0 Å². The highest BCUT2D eigenvalue weighted by atomic mass is 19.1. The van der Waals surface area contributed by atoms with E-state index >= 15 is 0 Å². The Morgan fingerprint density at radius 3 is 2.94 bits per heavy atom. The average Bonchev–Trinajstić information content (AvgIpc) is 2.33. The topological polar surface area (TPSA) is 50.4 Å². The molecule has 0 radical (unpaired) electrons. The minimum absolute atomic E-state index is 0.143. The lowest BCUT2D eigenvalue weighted by Gasteiger charge is -2.08. The van der Waals surface area contributed by atoms with Gasteiger partial charge in [-0.1, -0.05) is 6.08 Å². The summed E-state index contributed by atoms with van der Waals surface area (Å²) < 4.78 is 18.5.